The molecule has 0 spiro atoms. The molecule has 3 nitrogen and oxygen atoms in total. The molecule has 1 amide bonds. The SMILES string of the molecule is NCCCN1CCCCCCCC1=O. The summed E-state index contributed by atoms with van der Waals surface area (Å²) in [6, 6.07) is 0. The van der Waals surface area contributed by atoms with Gasteiger partial charge in [-0.2, -0.15) is 0 Å². The van der Waals surface area contributed by atoms with Gasteiger partial charge in [-0.25, -0.2) is 0 Å². The Hall–Kier alpha value is -0.570. The van der Waals surface area contributed by atoms with Crippen molar-refractivity contribution in [1.29, 1.82) is 0 Å². The molecule has 1 aliphatic heterocycles. The van der Waals surface area contributed by atoms with Crippen LogP contribution < -0.4 is 5.73 Å². The third kappa shape index (κ3) is 4.09. The van der Waals surface area contributed by atoms with E-state index in [2.05, 4.69) is 0 Å². The van der Waals surface area contributed by atoms with Crippen LogP contribution in [0.4, 0.5) is 0 Å². The van der Waals surface area contributed by atoms with Crippen LogP contribution in [-0.2, 0) is 4.79 Å². The summed E-state index contributed by atoms with van der Waals surface area (Å²) < 4.78 is 0. The van der Waals surface area contributed by atoms with Crippen molar-refractivity contribution in [3.05, 3.63) is 0 Å². The lowest BCUT2D eigenvalue weighted by molar-refractivity contribution is -0.131. The Morgan fingerprint density at radius 1 is 1.14 bits per heavy atom. The minimum absolute atomic E-state index is 0.334. The van der Waals surface area contributed by atoms with Gasteiger partial charge in [-0.3, -0.25) is 4.79 Å². The maximum absolute atomic E-state index is 11.7. The van der Waals surface area contributed by atoms with Gasteiger partial charge in [-0.05, 0) is 25.8 Å². The third-order valence-corrected chi connectivity index (χ3v) is 2.80. The van der Waals surface area contributed by atoms with Crippen LogP contribution in [0.25, 0.3) is 0 Å². The van der Waals surface area contributed by atoms with Gasteiger partial charge in [0.2, 0.25) is 5.91 Å². The lowest BCUT2D eigenvalue weighted by Gasteiger charge is -2.21. The highest BCUT2D eigenvalue weighted by atomic mass is 16.2. The summed E-state index contributed by atoms with van der Waals surface area (Å²) in [5.41, 5.74) is 5.45. The van der Waals surface area contributed by atoms with Crippen LogP contribution in [-0.4, -0.2) is 30.4 Å². The van der Waals surface area contributed by atoms with E-state index in [1.807, 2.05) is 4.90 Å². The summed E-state index contributed by atoms with van der Waals surface area (Å²) in [5, 5.41) is 0. The smallest absolute Gasteiger partial charge is 0.222 e. The molecule has 2 N–H and O–H groups in total. The van der Waals surface area contributed by atoms with Gasteiger partial charge >= 0.3 is 0 Å². The summed E-state index contributed by atoms with van der Waals surface area (Å²) in [4.78, 5) is 13.7. The molecule has 0 aliphatic carbocycles. The predicted molar refractivity (Wildman–Crippen MR) is 58.0 cm³/mol. The largest absolute Gasteiger partial charge is 0.343 e. The van der Waals surface area contributed by atoms with Crippen molar-refractivity contribution in [2.75, 3.05) is 19.6 Å². The minimum Gasteiger partial charge on any atom is -0.343 e. The van der Waals surface area contributed by atoms with Gasteiger partial charge < -0.3 is 10.6 Å². The number of hydrogen-bond acceptors (Lipinski definition) is 2. The molecule has 82 valence electrons. The fraction of sp³-hybridized carbons (Fsp3) is 0.909. The molecule has 0 aromatic rings. The number of nitrogens with two attached hydrogens (primary N) is 1. The van der Waals surface area contributed by atoms with E-state index >= 15 is 0 Å². The van der Waals surface area contributed by atoms with Gasteiger partial charge in [0.1, 0.15) is 0 Å². The Bertz CT molecular complexity index is 171. The Morgan fingerprint density at radius 3 is 2.64 bits per heavy atom. The molecular formula is C11H22N2O. The highest BCUT2D eigenvalue weighted by Crippen LogP contribution is 2.12. The molecule has 1 saturated heterocycles. The summed E-state index contributed by atoms with van der Waals surface area (Å²) >= 11 is 0. The van der Waals surface area contributed by atoms with Crippen LogP contribution in [0.5, 0.6) is 0 Å². The van der Waals surface area contributed by atoms with Crippen molar-refractivity contribution in [3.63, 3.8) is 0 Å². The van der Waals surface area contributed by atoms with Crippen LogP contribution in [0.2, 0.25) is 0 Å². The van der Waals surface area contributed by atoms with Crippen molar-refractivity contribution in [1.82, 2.24) is 4.90 Å². The average molecular weight is 198 g/mol. The molecule has 0 aromatic carbocycles. The van der Waals surface area contributed by atoms with Crippen LogP contribution in [0, 0.1) is 0 Å². The molecule has 0 atom stereocenters. The molecule has 0 saturated carbocycles. The van der Waals surface area contributed by atoms with Crippen LogP contribution >= 0.6 is 0 Å². The quantitative estimate of drug-likeness (QED) is 0.747. The van der Waals surface area contributed by atoms with E-state index in [0.717, 1.165) is 38.8 Å². The zero-order chi connectivity index (χ0) is 10.2. The van der Waals surface area contributed by atoms with E-state index in [-0.39, 0.29) is 0 Å². The highest BCUT2D eigenvalue weighted by molar-refractivity contribution is 5.76. The van der Waals surface area contributed by atoms with Crippen molar-refractivity contribution in [2.24, 2.45) is 5.73 Å². The summed E-state index contributed by atoms with van der Waals surface area (Å²) in [6.45, 7) is 2.48. The third-order valence-electron chi connectivity index (χ3n) is 2.80. The molecule has 0 aromatic heterocycles. The minimum atomic E-state index is 0.334. The molecule has 1 aliphatic rings. The fourth-order valence-electron chi connectivity index (χ4n) is 1.91. The van der Waals surface area contributed by atoms with E-state index in [1.54, 1.807) is 0 Å². The van der Waals surface area contributed by atoms with Crippen LogP contribution in [0.3, 0.4) is 0 Å². The van der Waals surface area contributed by atoms with Gasteiger partial charge in [-0.1, -0.05) is 19.3 Å². The normalized spacial score (nSPS) is 20.1. The summed E-state index contributed by atoms with van der Waals surface area (Å²) in [5.74, 6) is 0.334. The maximum atomic E-state index is 11.7. The molecule has 1 heterocycles. The molecule has 0 unspecified atom stereocenters. The van der Waals surface area contributed by atoms with E-state index in [4.69, 9.17) is 5.73 Å². The molecule has 1 rings (SSSR count). The monoisotopic (exact) mass is 198 g/mol. The second-order valence-corrected chi connectivity index (χ2v) is 4.04. The predicted octanol–water partition coefficient (Wildman–Crippen LogP) is 1.52. The number of carbonyl (C=O) groups is 1. The lowest BCUT2D eigenvalue weighted by Crippen LogP contribution is -2.33. The van der Waals surface area contributed by atoms with E-state index < -0.39 is 0 Å². The first-order valence-electron chi connectivity index (χ1n) is 5.82. The number of nitrogens with zero attached hydrogens (tertiary/aromatic N) is 1. The second kappa shape index (κ2) is 6.82. The van der Waals surface area contributed by atoms with Gasteiger partial charge in [0, 0.05) is 19.5 Å². The standard InChI is InChI=1S/C11H22N2O/c12-8-6-10-13-9-5-3-1-2-4-7-11(13)14/h1-10,12H2. The van der Waals surface area contributed by atoms with Crippen LogP contribution in [0.15, 0.2) is 0 Å². The first kappa shape index (κ1) is 11.5. The first-order chi connectivity index (χ1) is 6.84. The maximum Gasteiger partial charge on any atom is 0.222 e. The average Bonchev–Trinajstić information content (AvgIpc) is 2.28. The van der Waals surface area contributed by atoms with E-state index in [9.17, 15) is 4.79 Å². The first-order valence-corrected chi connectivity index (χ1v) is 5.82. The number of hydrogen-bond donors (Lipinski definition) is 1. The Morgan fingerprint density at radius 2 is 1.86 bits per heavy atom. The molecule has 0 radical (unpaired) electrons. The van der Waals surface area contributed by atoms with Crippen LogP contribution in [0.1, 0.15) is 44.9 Å². The molecule has 0 bridgehead atoms. The van der Waals surface area contributed by atoms with Gasteiger partial charge in [0.05, 0.1) is 0 Å². The van der Waals surface area contributed by atoms with Gasteiger partial charge in [-0.15, -0.1) is 0 Å². The molecule has 14 heavy (non-hydrogen) atoms. The number of rotatable bonds is 3. The zero-order valence-corrected chi connectivity index (χ0v) is 9.00. The fourth-order valence-corrected chi connectivity index (χ4v) is 1.91. The zero-order valence-electron chi connectivity index (χ0n) is 9.00. The Balaban J connectivity index is 2.36. The highest BCUT2D eigenvalue weighted by Gasteiger charge is 2.13. The summed E-state index contributed by atoms with van der Waals surface area (Å²) in [7, 11) is 0. The Labute approximate surface area is 86.6 Å². The molecule has 1 fully saturated rings. The Kier molecular flexibility index (Phi) is 5.60. The number of amides is 1. The van der Waals surface area contributed by atoms with Crippen molar-refractivity contribution >= 4 is 5.91 Å². The lowest BCUT2D eigenvalue weighted by atomic mass is 10.1. The number of carbonyl (C=O) groups excluding carboxylic acids is 1. The van der Waals surface area contributed by atoms with Gasteiger partial charge in [0.25, 0.3) is 0 Å². The topological polar surface area (TPSA) is 46.3 Å². The van der Waals surface area contributed by atoms with Gasteiger partial charge in [0.15, 0.2) is 0 Å². The van der Waals surface area contributed by atoms with E-state index in [1.165, 1.54) is 19.3 Å². The van der Waals surface area contributed by atoms with Crippen molar-refractivity contribution in [3.8, 4) is 0 Å². The molecular weight excluding hydrogens is 176 g/mol. The van der Waals surface area contributed by atoms with Crippen molar-refractivity contribution < 1.29 is 4.79 Å². The van der Waals surface area contributed by atoms with E-state index in [0.29, 0.717) is 12.5 Å². The summed E-state index contributed by atoms with van der Waals surface area (Å²) in [6.07, 6.45) is 7.69. The molecule has 3 heteroatoms. The second-order valence-electron chi connectivity index (χ2n) is 4.04. The van der Waals surface area contributed by atoms with Crippen molar-refractivity contribution in [2.45, 2.75) is 44.9 Å².